The smallest absolute Gasteiger partial charge is 0.189 e. The molecular weight excluding hydrogens is 329 g/mol. The third-order valence-electron chi connectivity index (χ3n) is 5.73. The number of nitrogens with zero attached hydrogens (tertiary/aromatic N) is 3. The normalized spacial score (nSPS) is 18.6. The van der Waals surface area contributed by atoms with Crippen molar-refractivity contribution in [2.75, 3.05) is 37.6 Å². The molecule has 2 aliphatic rings. The fourth-order valence-corrected chi connectivity index (χ4v) is 3.99. The number of anilines is 1. The van der Waals surface area contributed by atoms with Gasteiger partial charge in [0.1, 0.15) is 5.82 Å². The van der Waals surface area contributed by atoms with Crippen LogP contribution in [0.5, 0.6) is 0 Å². The van der Waals surface area contributed by atoms with Gasteiger partial charge in [0.2, 0.25) is 0 Å². The second-order valence-corrected chi connectivity index (χ2v) is 7.67. The molecule has 1 aromatic heterocycles. The standard InChI is InChI=1S/C21H28FN3O/c1-2-3-4-8-23-10-12-24(13-11-23)20-15-19-17(14-18(20)22)21(26)7-9-25(19)16-5-6-16/h7,9,14-16H,2-6,8,10-13H2,1H3. The number of fused-ring (bicyclic) bond motifs is 1. The summed E-state index contributed by atoms with van der Waals surface area (Å²) in [6.45, 7) is 7.01. The van der Waals surface area contributed by atoms with Crippen molar-refractivity contribution in [3.05, 3.63) is 40.4 Å². The van der Waals surface area contributed by atoms with E-state index in [1.165, 1.54) is 25.3 Å². The molecule has 4 rings (SSSR count). The van der Waals surface area contributed by atoms with Gasteiger partial charge >= 0.3 is 0 Å². The predicted molar refractivity (Wildman–Crippen MR) is 105 cm³/mol. The lowest BCUT2D eigenvalue weighted by molar-refractivity contribution is 0.252. The van der Waals surface area contributed by atoms with E-state index in [0.29, 0.717) is 17.1 Å². The maximum Gasteiger partial charge on any atom is 0.189 e. The Morgan fingerprint density at radius 2 is 1.88 bits per heavy atom. The molecule has 0 N–H and O–H groups in total. The molecule has 140 valence electrons. The zero-order valence-corrected chi connectivity index (χ0v) is 15.6. The van der Waals surface area contributed by atoms with Crippen LogP contribution in [0.4, 0.5) is 10.1 Å². The van der Waals surface area contributed by atoms with E-state index in [1.807, 2.05) is 12.3 Å². The van der Waals surface area contributed by atoms with E-state index in [0.717, 1.165) is 51.1 Å². The summed E-state index contributed by atoms with van der Waals surface area (Å²) in [4.78, 5) is 16.8. The summed E-state index contributed by atoms with van der Waals surface area (Å²) in [5, 5.41) is 0.499. The highest BCUT2D eigenvalue weighted by Gasteiger charge is 2.26. The highest BCUT2D eigenvalue weighted by Crippen LogP contribution is 2.37. The number of rotatable bonds is 6. The first-order valence-electron chi connectivity index (χ1n) is 9.99. The zero-order chi connectivity index (χ0) is 18.1. The maximum atomic E-state index is 14.8. The van der Waals surface area contributed by atoms with Gasteiger partial charge in [-0.3, -0.25) is 9.69 Å². The fraction of sp³-hybridized carbons (Fsp3) is 0.571. The molecule has 0 spiro atoms. The van der Waals surface area contributed by atoms with Crippen LogP contribution < -0.4 is 10.3 Å². The third kappa shape index (κ3) is 3.50. The molecule has 1 aromatic carbocycles. The predicted octanol–water partition coefficient (Wildman–Crippen LogP) is 3.79. The quantitative estimate of drug-likeness (QED) is 0.737. The van der Waals surface area contributed by atoms with E-state index in [4.69, 9.17) is 0 Å². The molecule has 0 unspecified atom stereocenters. The lowest BCUT2D eigenvalue weighted by Crippen LogP contribution is -2.46. The van der Waals surface area contributed by atoms with Crippen LogP contribution in [0.3, 0.4) is 0 Å². The Hall–Kier alpha value is -1.88. The van der Waals surface area contributed by atoms with Gasteiger partial charge < -0.3 is 9.47 Å². The monoisotopic (exact) mass is 357 g/mol. The van der Waals surface area contributed by atoms with Crippen molar-refractivity contribution in [2.24, 2.45) is 0 Å². The lowest BCUT2D eigenvalue weighted by Gasteiger charge is -2.36. The van der Waals surface area contributed by atoms with E-state index in [2.05, 4.69) is 21.3 Å². The molecule has 0 bridgehead atoms. The molecule has 0 radical (unpaired) electrons. The topological polar surface area (TPSA) is 28.5 Å². The Labute approximate surface area is 154 Å². The molecule has 5 heteroatoms. The SMILES string of the molecule is CCCCCN1CCN(c2cc3c(cc2F)c(=O)ccn3C2CC2)CC1. The summed E-state index contributed by atoms with van der Waals surface area (Å²) >= 11 is 0. The molecule has 1 saturated heterocycles. The second kappa shape index (κ2) is 7.39. The van der Waals surface area contributed by atoms with Crippen molar-refractivity contribution in [1.82, 2.24) is 9.47 Å². The highest BCUT2D eigenvalue weighted by atomic mass is 19.1. The first-order chi connectivity index (χ1) is 12.7. The molecule has 1 aliphatic heterocycles. The van der Waals surface area contributed by atoms with Gasteiger partial charge in [-0.05, 0) is 37.9 Å². The Morgan fingerprint density at radius 1 is 1.12 bits per heavy atom. The average molecular weight is 357 g/mol. The van der Waals surface area contributed by atoms with Crippen LogP contribution >= 0.6 is 0 Å². The van der Waals surface area contributed by atoms with Crippen LogP contribution in [-0.4, -0.2) is 42.2 Å². The summed E-state index contributed by atoms with van der Waals surface area (Å²) in [6, 6.07) is 5.37. The summed E-state index contributed by atoms with van der Waals surface area (Å²) in [6.07, 6.45) is 7.91. The van der Waals surface area contributed by atoms with E-state index < -0.39 is 0 Å². The van der Waals surface area contributed by atoms with Crippen LogP contribution in [0.2, 0.25) is 0 Å². The van der Waals surface area contributed by atoms with Gasteiger partial charge in [-0.2, -0.15) is 0 Å². The van der Waals surface area contributed by atoms with Crippen LogP contribution in [-0.2, 0) is 0 Å². The minimum atomic E-state index is -0.275. The summed E-state index contributed by atoms with van der Waals surface area (Å²) in [5.41, 5.74) is 1.43. The zero-order valence-electron chi connectivity index (χ0n) is 15.6. The number of piperazine rings is 1. The number of hydrogen-bond donors (Lipinski definition) is 0. The van der Waals surface area contributed by atoms with Gasteiger partial charge in [-0.15, -0.1) is 0 Å². The van der Waals surface area contributed by atoms with Crippen molar-refractivity contribution in [3.63, 3.8) is 0 Å². The van der Waals surface area contributed by atoms with E-state index in [-0.39, 0.29) is 11.2 Å². The summed E-state index contributed by atoms with van der Waals surface area (Å²) in [5.74, 6) is -0.275. The molecule has 0 amide bonds. The molecule has 1 aliphatic carbocycles. The van der Waals surface area contributed by atoms with Gasteiger partial charge in [0.05, 0.1) is 11.2 Å². The van der Waals surface area contributed by atoms with E-state index >= 15 is 0 Å². The molecule has 0 atom stereocenters. The first kappa shape index (κ1) is 17.5. The highest BCUT2D eigenvalue weighted by molar-refractivity contribution is 5.83. The number of aromatic nitrogens is 1. The maximum absolute atomic E-state index is 14.8. The van der Waals surface area contributed by atoms with E-state index in [1.54, 1.807) is 6.07 Å². The molecular formula is C21H28FN3O. The number of unbranched alkanes of at least 4 members (excludes halogenated alkanes) is 2. The molecule has 1 saturated carbocycles. The molecule has 2 fully saturated rings. The van der Waals surface area contributed by atoms with Crippen molar-refractivity contribution >= 4 is 16.6 Å². The summed E-state index contributed by atoms with van der Waals surface area (Å²) < 4.78 is 16.9. The fourth-order valence-electron chi connectivity index (χ4n) is 3.99. The number of halogens is 1. The van der Waals surface area contributed by atoms with Crippen molar-refractivity contribution in [3.8, 4) is 0 Å². The van der Waals surface area contributed by atoms with Crippen LogP contribution in [0, 0.1) is 5.82 Å². The first-order valence-corrected chi connectivity index (χ1v) is 9.99. The summed E-state index contributed by atoms with van der Waals surface area (Å²) in [7, 11) is 0. The third-order valence-corrected chi connectivity index (χ3v) is 5.73. The lowest BCUT2D eigenvalue weighted by atomic mass is 10.1. The van der Waals surface area contributed by atoms with Gasteiger partial charge in [-0.1, -0.05) is 19.8 Å². The van der Waals surface area contributed by atoms with Crippen molar-refractivity contribution in [1.29, 1.82) is 0 Å². The average Bonchev–Trinajstić information content (AvgIpc) is 3.48. The van der Waals surface area contributed by atoms with E-state index in [9.17, 15) is 9.18 Å². The Morgan fingerprint density at radius 3 is 2.58 bits per heavy atom. The molecule has 2 heterocycles. The molecule has 4 nitrogen and oxygen atoms in total. The van der Waals surface area contributed by atoms with Crippen molar-refractivity contribution < 1.29 is 4.39 Å². The number of benzene rings is 1. The van der Waals surface area contributed by atoms with Gasteiger partial charge in [0.25, 0.3) is 0 Å². The minimum Gasteiger partial charge on any atom is -0.367 e. The largest absolute Gasteiger partial charge is 0.367 e. The molecule has 26 heavy (non-hydrogen) atoms. The Kier molecular flexibility index (Phi) is 4.98. The number of pyridine rings is 1. The Balaban J connectivity index is 1.56. The Bertz CT molecular complexity index is 835. The van der Waals surface area contributed by atoms with Gasteiger partial charge in [-0.25, -0.2) is 4.39 Å². The van der Waals surface area contributed by atoms with Gasteiger partial charge in [0.15, 0.2) is 5.43 Å². The van der Waals surface area contributed by atoms with Gasteiger partial charge in [0, 0.05) is 49.9 Å². The number of hydrogen-bond acceptors (Lipinski definition) is 3. The van der Waals surface area contributed by atoms with Crippen molar-refractivity contribution in [2.45, 2.75) is 45.1 Å². The minimum absolute atomic E-state index is 0.0944. The van der Waals surface area contributed by atoms with Crippen LogP contribution in [0.25, 0.3) is 10.9 Å². The van der Waals surface area contributed by atoms with Crippen LogP contribution in [0.1, 0.15) is 45.1 Å². The molecule has 2 aromatic rings. The second-order valence-electron chi connectivity index (χ2n) is 7.67. The van der Waals surface area contributed by atoms with Crippen LogP contribution in [0.15, 0.2) is 29.2 Å².